The van der Waals surface area contributed by atoms with Crippen LogP contribution in [0.4, 0.5) is 0 Å². The second-order valence-electron chi connectivity index (χ2n) is 6.11. The van der Waals surface area contributed by atoms with Gasteiger partial charge in [-0.3, -0.25) is 4.79 Å². The summed E-state index contributed by atoms with van der Waals surface area (Å²) in [5.74, 6) is 1.61. The van der Waals surface area contributed by atoms with Crippen molar-refractivity contribution in [1.29, 1.82) is 0 Å². The zero-order chi connectivity index (χ0) is 17.2. The minimum Gasteiger partial charge on any atom is -0.493 e. The highest BCUT2D eigenvalue weighted by Crippen LogP contribution is 2.28. The Bertz CT molecular complexity index is 486. The Morgan fingerprint density at radius 2 is 1.91 bits per heavy atom. The molecule has 0 aliphatic rings. The molecule has 0 unspecified atom stereocenters. The van der Waals surface area contributed by atoms with E-state index in [1.165, 1.54) is 0 Å². The molecule has 0 saturated heterocycles. The van der Waals surface area contributed by atoms with E-state index in [9.17, 15) is 4.79 Å². The normalized spacial score (nSPS) is 10.9. The molecular formula is C18H29NO4. The minimum absolute atomic E-state index is 0.0504. The molecule has 0 fully saturated rings. The van der Waals surface area contributed by atoms with Gasteiger partial charge < -0.3 is 19.5 Å². The van der Waals surface area contributed by atoms with Crippen LogP contribution in [0.2, 0.25) is 0 Å². The zero-order valence-electron chi connectivity index (χ0n) is 14.8. The van der Waals surface area contributed by atoms with E-state index in [0.717, 1.165) is 13.0 Å². The van der Waals surface area contributed by atoms with Gasteiger partial charge in [-0.25, -0.2) is 0 Å². The van der Waals surface area contributed by atoms with Gasteiger partial charge in [0.2, 0.25) is 0 Å². The summed E-state index contributed by atoms with van der Waals surface area (Å²) in [5.41, 5.74) is 0.557. The molecule has 1 aromatic carbocycles. The molecule has 1 N–H and O–H groups in total. The van der Waals surface area contributed by atoms with Gasteiger partial charge in [-0.15, -0.1) is 0 Å². The summed E-state index contributed by atoms with van der Waals surface area (Å²) in [7, 11) is 1.57. The van der Waals surface area contributed by atoms with Crippen LogP contribution in [0.15, 0.2) is 18.2 Å². The molecule has 1 aromatic rings. The van der Waals surface area contributed by atoms with Crippen molar-refractivity contribution < 1.29 is 19.0 Å². The average Bonchev–Trinajstić information content (AvgIpc) is 2.50. The van der Waals surface area contributed by atoms with Crippen LogP contribution >= 0.6 is 0 Å². The SMILES string of the molecule is COc1cc(C(=O)NCCCOCC(C)C)ccc1OC(C)C. The summed E-state index contributed by atoms with van der Waals surface area (Å²) in [5, 5.41) is 2.88. The number of rotatable bonds is 10. The molecule has 0 atom stereocenters. The summed E-state index contributed by atoms with van der Waals surface area (Å²) < 4.78 is 16.4. The number of hydrogen-bond acceptors (Lipinski definition) is 4. The van der Waals surface area contributed by atoms with Crippen LogP contribution in [-0.4, -0.2) is 38.9 Å². The van der Waals surface area contributed by atoms with Crippen LogP contribution in [0.25, 0.3) is 0 Å². The number of carbonyl (C=O) groups excluding carboxylic acids is 1. The van der Waals surface area contributed by atoms with E-state index in [0.29, 0.717) is 36.1 Å². The number of ether oxygens (including phenoxy) is 3. The Hall–Kier alpha value is -1.75. The summed E-state index contributed by atoms with van der Waals surface area (Å²) in [6, 6.07) is 5.20. The lowest BCUT2D eigenvalue weighted by atomic mass is 10.2. The molecule has 0 heterocycles. The summed E-state index contributed by atoms with van der Waals surface area (Å²) in [6.07, 6.45) is 0.846. The number of carbonyl (C=O) groups is 1. The fraction of sp³-hybridized carbons (Fsp3) is 0.611. The fourth-order valence-corrected chi connectivity index (χ4v) is 1.96. The van der Waals surface area contributed by atoms with Crippen LogP contribution in [0.5, 0.6) is 11.5 Å². The van der Waals surface area contributed by atoms with Crippen LogP contribution in [0.1, 0.15) is 44.5 Å². The maximum Gasteiger partial charge on any atom is 0.251 e. The highest BCUT2D eigenvalue weighted by molar-refractivity contribution is 5.94. The summed E-state index contributed by atoms with van der Waals surface area (Å²) in [6.45, 7) is 10.1. The maximum absolute atomic E-state index is 12.1. The largest absolute Gasteiger partial charge is 0.493 e. The van der Waals surface area contributed by atoms with Crippen LogP contribution in [-0.2, 0) is 4.74 Å². The van der Waals surface area contributed by atoms with Gasteiger partial charge in [0.05, 0.1) is 13.2 Å². The number of benzene rings is 1. The third-order valence-electron chi connectivity index (χ3n) is 2.99. The van der Waals surface area contributed by atoms with E-state index in [-0.39, 0.29) is 12.0 Å². The van der Waals surface area contributed by atoms with Crippen LogP contribution in [0, 0.1) is 5.92 Å². The Labute approximate surface area is 139 Å². The quantitative estimate of drug-likeness (QED) is 0.671. The monoisotopic (exact) mass is 323 g/mol. The first-order chi connectivity index (χ1) is 10.9. The average molecular weight is 323 g/mol. The molecule has 0 bridgehead atoms. The van der Waals surface area contributed by atoms with Crippen molar-refractivity contribution in [2.24, 2.45) is 5.92 Å². The van der Waals surface area contributed by atoms with Gasteiger partial charge in [0, 0.05) is 25.3 Å². The predicted molar refractivity (Wildman–Crippen MR) is 91.4 cm³/mol. The second-order valence-corrected chi connectivity index (χ2v) is 6.11. The summed E-state index contributed by atoms with van der Waals surface area (Å²) in [4.78, 5) is 12.1. The number of methoxy groups -OCH3 is 1. The van der Waals surface area contributed by atoms with Gasteiger partial charge in [0.1, 0.15) is 0 Å². The Balaban J connectivity index is 2.47. The highest BCUT2D eigenvalue weighted by atomic mass is 16.5. The number of amides is 1. The maximum atomic E-state index is 12.1. The number of nitrogens with one attached hydrogen (secondary N) is 1. The van der Waals surface area contributed by atoms with E-state index in [2.05, 4.69) is 19.2 Å². The third-order valence-corrected chi connectivity index (χ3v) is 2.99. The van der Waals surface area contributed by atoms with E-state index in [1.54, 1.807) is 25.3 Å². The molecule has 23 heavy (non-hydrogen) atoms. The second kappa shape index (κ2) is 10.1. The van der Waals surface area contributed by atoms with Crippen molar-refractivity contribution in [3.05, 3.63) is 23.8 Å². The highest BCUT2D eigenvalue weighted by Gasteiger charge is 2.11. The van der Waals surface area contributed by atoms with Crippen molar-refractivity contribution >= 4 is 5.91 Å². The van der Waals surface area contributed by atoms with E-state index in [1.807, 2.05) is 13.8 Å². The van der Waals surface area contributed by atoms with Crippen LogP contribution < -0.4 is 14.8 Å². The first-order valence-electron chi connectivity index (χ1n) is 8.14. The molecule has 5 heteroatoms. The molecule has 5 nitrogen and oxygen atoms in total. The Morgan fingerprint density at radius 1 is 1.17 bits per heavy atom. The molecule has 0 aliphatic heterocycles. The molecule has 130 valence electrons. The van der Waals surface area contributed by atoms with Gasteiger partial charge in [-0.2, -0.15) is 0 Å². The molecule has 1 amide bonds. The molecule has 0 saturated carbocycles. The molecule has 0 aromatic heterocycles. The molecule has 0 radical (unpaired) electrons. The van der Waals surface area contributed by atoms with Crippen molar-refractivity contribution in [3.8, 4) is 11.5 Å². The van der Waals surface area contributed by atoms with Crippen molar-refractivity contribution in [2.45, 2.75) is 40.2 Å². The van der Waals surface area contributed by atoms with E-state index < -0.39 is 0 Å². The smallest absolute Gasteiger partial charge is 0.251 e. The summed E-state index contributed by atoms with van der Waals surface area (Å²) >= 11 is 0. The van der Waals surface area contributed by atoms with E-state index in [4.69, 9.17) is 14.2 Å². The first-order valence-corrected chi connectivity index (χ1v) is 8.14. The molecule has 1 rings (SSSR count). The molecule has 0 aliphatic carbocycles. The first kappa shape index (κ1) is 19.3. The topological polar surface area (TPSA) is 56.8 Å². The van der Waals surface area contributed by atoms with Gasteiger partial charge in [0.25, 0.3) is 5.91 Å². The zero-order valence-corrected chi connectivity index (χ0v) is 14.8. The standard InChI is InChI=1S/C18H29NO4/c1-13(2)12-22-10-6-9-19-18(20)15-7-8-16(23-14(3)4)17(11-15)21-5/h7-8,11,13-14H,6,9-10,12H2,1-5H3,(H,19,20). The minimum atomic E-state index is -0.122. The third kappa shape index (κ3) is 7.37. The Morgan fingerprint density at radius 3 is 2.52 bits per heavy atom. The van der Waals surface area contributed by atoms with Gasteiger partial charge in [-0.1, -0.05) is 13.8 Å². The lowest BCUT2D eigenvalue weighted by Crippen LogP contribution is -2.25. The lowest BCUT2D eigenvalue weighted by Gasteiger charge is -2.14. The van der Waals surface area contributed by atoms with Crippen molar-refractivity contribution in [2.75, 3.05) is 26.9 Å². The lowest BCUT2D eigenvalue weighted by molar-refractivity contribution is 0.0924. The van der Waals surface area contributed by atoms with Gasteiger partial charge >= 0.3 is 0 Å². The Kier molecular flexibility index (Phi) is 8.48. The fourth-order valence-electron chi connectivity index (χ4n) is 1.96. The molecular weight excluding hydrogens is 294 g/mol. The van der Waals surface area contributed by atoms with Crippen LogP contribution in [0.3, 0.4) is 0 Å². The van der Waals surface area contributed by atoms with Gasteiger partial charge in [-0.05, 0) is 44.4 Å². The number of hydrogen-bond donors (Lipinski definition) is 1. The van der Waals surface area contributed by atoms with E-state index >= 15 is 0 Å². The van der Waals surface area contributed by atoms with Crippen molar-refractivity contribution in [1.82, 2.24) is 5.32 Å². The predicted octanol–water partition coefficient (Wildman–Crippen LogP) is 3.27. The van der Waals surface area contributed by atoms with Crippen molar-refractivity contribution in [3.63, 3.8) is 0 Å². The van der Waals surface area contributed by atoms with Gasteiger partial charge in [0.15, 0.2) is 11.5 Å². The molecule has 0 spiro atoms.